The third kappa shape index (κ3) is 3.15. The van der Waals surface area contributed by atoms with Gasteiger partial charge in [-0.1, -0.05) is 12.1 Å². The van der Waals surface area contributed by atoms with Crippen molar-refractivity contribution in [1.82, 2.24) is 19.7 Å². The van der Waals surface area contributed by atoms with Gasteiger partial charge < -0.3 is 4.74 Å². The summed E-state index contributed by atoms with van der Waals surface area (Å²) in [5, 5.41) is 4.48. The van der Waals surface area contributed by atoms with Crippen molar-refractivity contribution in [3.05, 3.63) is 61.9 Å². The number of aromatic amines is 2. The summed E-state index contributed by atoms with van der Waals surface area (Å²) in [6.45, 7) is 1.74. The van der Waals surface area contributed by atoms with Crippen molar-refractivity contribution in [2.24, 2.45) is 0 Å². The number of nitrogens with zero attached hydrogens (tertiary/aromatic N) is 2. The quantitative estimate of drug-likeness (QED) is 0.738. The predicted molar refractivity (Wildman–Crippen MR) is 86.9 cm³/mol. The van der Waals surface area contributed by atoms with E-state index in [4.69, 9.17) is 4.74 Å². The third-order valence-electron chi connectivity index (χ3n) is 4.04. The average molecular weight is 368 g/mol. The minimum atomic E-state index is -4.43. The molecule has 7 nitrogen and oxygen atoms in total. The summed E-state index contributed by atoms with van der Waals surface area (Å²) in [4.78, 5) is 28.4. The number of methoxy groups -OCH3 is 1. The van der Waals surface area contributed by atoms with Crippen LogP contribution in [0.5, 0.6) is 0 Å². The highest BCUT2D eigenvalue weighted by molar-refractivity contribution is 5.77. The molecule has 1 aromatic carbocycles. The maximum absolute atomic E-state index is 12.7. The van der Waals surface area contributed by atoms with Crippen LogP contribution in [0.15, 0.2) is 33.9 Å². The van der Waals surface area contributed by atoms with E-state index in [-0.39, 0.29) is 17.6 Å². The van der Waals surface area contributed by atoms with E-state index < -0.39 is 29.0 Å². The van der Waals surface area contributed by atoms with Gasteiger partial charge in [-0.25, -0.2) is 9.48 Å². The van der Waals surface area contributed by atoms with Gasteiger partial charge in [0, 0.05) is 7.11 Å². The highest BCUT2D eigenvalue weighted by Gasteiger charge is 2.30. The van der Waals surface area contributed by atoms with Crippen molar-refractivity contribution < 1.29 is 17.9 Å². The zero-order valence-corrected chi connectivity index (χ0v) is 13.8. The molecule has 1 unspecified atom stereocenters. The van der Waals surface area contributed by atoms with Crippen LogP contribution in [0.3, 0.4) is 0 Å². The number of H-pyrrole nitrogens is 2. The van der Waals surface area contributed by atoms with E-state index in [2.05, 4.69) is 15.1 Å². The fraction of sp³-hybridized carbons (Fsp3) is 0.312. The predicted octanol–water partition coefficient (Wildman–Crippen LogP) is 2.19. The van der Waals surface area contributed by atoms with Crippen LogP contribution in [0.1, 0.15) is 29.8 Å². The van der Waals surface area contributed by atoms with Crippen molar-refractivity contribution in [1.29, 1.82) is 0 Å². The maximum atomic E-state index is 12.7. The van der Waals surface area contributed by atoms with Crippen LogP contribution in [0, 0.1) is 0 Å². The number of fused-ring (bicyclic) bond motifs is 1. The standard InChI is InChI=1S/C16H15F3N4O3/c1-8(9-3-5-10(6-4-9)16(17,18)19)23-13-12(11(22-23)7-26-2)14(24)21-15(25)20-13/h3-6,8H,7H2,1-2H3,(H2,20,21,24,25). The molecule has 138 valence electrons. The lowest BCUT2D eigenvalue weighted by molar-refractivity contribution is -0.137. The summed E-state index contributed by atoms with van der Waals surface area (Å²) in [5.41, 5.74) is -1.04. The van der Waals surface area contributed by atoms with Gasteiger partial charge in [-0.2, -0.15) is 18.3 Å². The number of benzene rings is 1. The first-order valence-corrected chi connectivity index (χ1v) is 7.62. The first-order chi connectivity index (χ1) is 12.2. The van der Waals surface area contributed by atoms with Gasteiger partial charge in [0.05, 0.1) is 18.2 Å². The van der Waals surface area contributed by atoms with E-state index in [0.29, 0.717) is 11.3 Å². The summed E-state index contributed by atoms with van der Waals surface area (Å²) in [5.74, 6) is 0. The Kier molecular flexibility index (Phi) is 4.45. The van der Waals surface area contributed by atoms with Crippen molar-refractivity contribution in [2.45, 2.75) is 25.7 Å². The fourth-order valence-electron chi connectivity index (χ4n) is 2.75. The maximum Gasteiger partial charge on any atom is 0.416 e. The number of hydrogen-bond acceptors (Lipinski definition) is 4. The van der Waals surface area contributed by atoms with E-state index >= 15 is 0 Å². The zero-order chi connectivity index (χ0) is 19.1. The van der Waals surface area contributed by atoms with Crippen LogP contribution in [0.25, 0.3) is 11.0 Å². The first kappa shape index (κ1) is 17.9. The van der Waals surface area contributed by atoms with Crippen LogP contribution >= 0.6 is 0 Å². The van der Waals surface area contributed by atoms with E-state index in [1.54, 1.807) is 6.92 Å². The molecular weight excluding hydrogens is 353 g/mol. The monoisotopic (exact) mass is 368 g/mol. The molecule has 0 saturated carbocycles. The number of ether oxygens (including phenoxy) is 1. The number of aromatic nitrogens is 4. The van der Waals surface area contributed by atoms with Gasteiger partial charge in [0.1, 0.15) is 16.7 Å². The summed E-state index contributed by atoms with van der Waals surface area (Å²) in [7, 11) is 1.43. The lowest BCUT2D eigenvalue weighted by atomic mass is 10.1. The van der Waals surface area contributed by atoms with Crippen molar-refractivity contribution >= 4 is 11.0 Å². The summed E-state index contributed by atoms with van der Waals surface area (Å²) >= 11 is 0. The molecule has 2 heterocycles. The Bertz CT molecular complexity index is 1050. The molecule has 0 radical (unpaired) electrons. The minimum Gasteiger partial charge on any atom is -0.378 e. The largest absolute Gasteiger partial charge is 0.416 e. The third-order valence-corrected chi connectivity index (χ3v) is 4.04. The molecule has 10 heteroatoms. The summed E-state index contributed by atoms with van der Waals surface area (Å²) in [6.07, 6.45) is -4.43. The molecule has 3 aromatic rings. The Balaban J connectivity index is 2.12. The molecule has 2 aromatic heterocycles. The molecule has 0 aliphatic heterocycles. The van der Waals surface area contributed by atoms with E-state index in [1.807, 2.05) is 0 Å². The number of halogens is 3. The molecule has 2 N–H and O–H groups in total. The second-order valence-corrected chi connectivity index (χ2v) is 5.75. The highest BCUT2D eigenvalue weighted by atomic mass is 19.4. The van der Waals surface area contributed by atoms with Crippen LogP contribution in [0.2, 0.25) is 0 Å². The number of hydrogen-bond donors (Lipinski definition) is 2. The Hall–Kier alpha value is -2.88. The second kappa shape index (κ2) is 6.45. The molecule has 0 aliphatic rings. The van der Waals surface area contributed by atoms with Crippen LogP contribution in [0.4, 0.5) is 13.2 Å². The van der Waals surface area contributed by atoms with Gasteiger partial charge >= 0.3 is 11.9 Å². The van der Waals surface area contributed by atoms with Gasteiger partial charge in [-0.05, 0) is 24.6 Å². The normalized spacial score (nSPS) is 13.3. The average Bonchev–Trinajstić information content (AvgIpc) is 2.92. The topological polar surface area (TPSA) is 92.8 Å². The van der Waals surface area contributed by atoms with Gasteiger partial charge in [0.2, 0.25) is 0 Å². The molecular formula is C16H15F3N4O3. The molecule has 0 bridgehead atoms. The Labute approximate surface area is 144 Å². The number of nitrogens with one attached hydrogen (secondary N) is 2. The smallest absolute Gasteiger partial charge is 0.378 e. The molecule has 0 aliphatic carbocycles. The van der Waals surface area contributed by atoms with Gasteiger partial charge in [0.25, 0.3) is 5.56 Å². The molecule has 0 spiro atoms. The fourth-order valence-corrected chi connectivity index (χ4v) is 2.75. The lowest BCUT2D eigenvalue weighted by Gasteiger charge is -2.15. The molecule has 0 fully saturated rings. The van der Waals surface area contributed by atoms with Crippen molar-refractivity contribution in [3.8, 4) is 0 Å². The Morgan fingerprint density at radius 1 is 1.19 bits per heavy atom. The van der Waals surface area contributed by atoms with E-state index in [1.165, 1.54) is 23.9 Å². The lowest BCUT2D eigenvalue weighted by Crippen LogP contribution is -2.23. The molecule has 1 atom stereocenters. The van der Waals surface area contributed by atoms with Crippen molar-refractivity contribution in [3.63, 3.8) is 0 Å². The van der Waals surface area contributed by atoms with Gasteiger partial charge in [-0.15, -0.1) is 0 Å². The molecule has 3 rings (SSSR count). The van der Waals surface area contributed by atoms with Gasteiger partial charge in [-0.3, -0.25) is 14.8 Å². The van der Waals surface area contributed by atoms with E-state index in [0.717, 1.165) is 12.1 Å². The molecule has 0 saturated heterocycles. The number of rotatable bonds is 4. The summed E-state index contributed by atoms with van der Waals surface area (Å²) < 4.78 is 44.6. The number of alkyl halides is 3. The highest BCUT2D eigenvalue weighted by Crippen LogP contribution is 2.30. The SMILES string of the molecule is COCc1nn(C(C)c2ccc(C(F)(F)F)cc2)c2[nH]c(=O)[nH]c(=O)c12. The van der Waals surface area contributed by atoms with Crippen LogP contribution < -0.4 is 11.2 Å². The minimum absolute atomic E-state index is 0.0400. The van der Waals surface area contributed by atoms with Crippen LogP contribution in [-0.2, 0) is 17.5 Å². The van der Waals surface area contributed by atoms with Gasteiger partial charge in [0.15, 0.2) is 0 Å². The molecule has 26 heavy (non-hydrogen) atoms. The Morgan fingerprint density at radius 2 is 1.85 bits per heavy atom. The molecule has 0 amide bonds. The second-order valence-electron chi connectivity index (χ2n) is 5.75. The Morgan fingerprint density at radius 3 is 2.42 bits per heavy atom. The summed E-state index contributed by atoms with van der Waals surface area (Å²) in [6, 6.07) is 4.10. The van der Waals surface area contributed by atoms with Crippen molar-refractivity contribution in [2.75, 3.05) is 7.11 Å². The zero-order valence-electron chi connectivity index (χ0n) is 13.8. The van der Waals surface area contributed by atoms with Crippen LogP contribution in [-0.4, -0.2) is 26.9 Å². The first-order valence-electron chi connectivity index (χ1n) is 7.62. The van der Waals surface area contributed by atoms with E-state index in [9.17, 15) is 22.8 Å².